The summed E-state index contributed by atoms with van der Waals surface area (Å²) in [6, 6.07) is 11.5. The fourth-order valence-electron chi connectivity index (χ4n) is 2.57. The Kier molecular flexibility index (Phi) is 5.19. The maximum Gasteiger partial charge on any atom is 0.275 e. The second-order valence-corrected chi connectivity index (χ2v) is 6.61. The van der Waals surface area contributed by atoms with Gasteiger partial charge in [-0.3, -0.25) is 4.79 Å². The third-order valence-electron chi connectivity index (χ3n) is 3.81. The summed E-state index contributed by atoms with van der Waals surface area (Å²) in [7, 11) is 0. The van der Waals surface area contributed by atoms with Crippen molar-refractivity contribution in [2.45, 2.75) is 20.8 Å². The highest BCUT2D eigenvalue weighted by molar-refractivity contribution is 6.31. The number of anilines is 3. The van der Waals surface area contributed by atoms with Gasteiger partial charge in [0.15, 0.2) is 0 Å². The third-order valence-corrected chi connectivity index (χ3v) is 4.22. The van der Waals surface area contributed by atoms with Crippen LogP contribution in [0.15, 0.2) is 48.8 Å². The summed E-state index contributed by atoms with van der Waals surface area (Å²) < 4.78 is 0. The zero-order chi connectivity index (χ0) is 18.7. The smallest absolute Gasteiger partial charge is 0.275 e. The van der Waals surface area contributed by atoms with Crippen molar-refractivity contribution in [2.75, 3.05) is 10.6 Å². The van der Waals surface area contributed by atoms with Gasteiger partial charge in [0.1, 0.15) is 11.5 Å². The molecule has 3 aromatic rings. The molecule has 6 heteroatoms. The minimum atomic E-state index is -0.338. The fraction of sp³-hybridized carbons (Fsp3) is 0.150. The first kappa shape index (κ1) is 17.9. The van der Waals surface area contributed by atoms with Gasteiger partial charge < -0.3 is 10.6 Å². The highest BCUT2D eigenvalue weighted by Crippen LogP contribution is 2.21. The molecule has 1 heterocycles. The van der Waals surface area contributed by atoms with E-state index in [4.69, 9.17) is 11.6 Å². The summed E-state index contributed by atoms with van der Waals surface area (Å²) >= 11 is 6.08. The summed E-state index contributed by atoms with van der Waals surface area (Å²) in [6.07, 6.45) is 2.98. The van der Waals surface area contributed by atoms with Crippen molar-refractivity contribution in [3.63, 3.8) is 0 Å². The minimum Gasteiger partial charge on any atom is -0.339 e. The zero-order valence-corrected chi connectivity index (χ0v) is 15.6. The molecule has 3 rings (SSSR count). The van der Waals surface area contributed by atoms with E-state index in [-0.39, 0.29) is 11.6 Å². The Bertz CT molecular complexity index is 934. The van der Waals surface area contributed by atoms with Crippen molar-refractivity contribution >= 4 is 34.7 Å². The molecule has 0 radical (unpaired) electrons. The van der Waals surface area contributed by atoms with E-state index in [0.717, 1.165) is 22.4 Å². The van der Waals surface area contributed by atoms with Crippen LogP contribution in [-0.2, 0) is 0 Å². The van der Waals surface area contributed by atoms with E-state index in [2.05, 4.69) is 26.7 Å². The second kappa shape index (κ2) is 7.54. The van der Waals surface area contributed by atoms with Crippen molar-refractivity contribution in [2.24, 2.45) is 0 Å². The summed E-state index contributed by atoms with van der Waals surface area (Å²) in [4.78, 5) is 20.7. The van der Waals surface area contributed by atoms with Crippen LogP contribution in [0.3, 0.4) is 0 Å². The van der Waals surface area contributed by atoms with Crippen LogP contribution in [0.1, 0.15) is 27.2 Å². The summed E-state index contributed by atoms with van der Waals surface area (Å²) in [5.41, 5.74) is 5.05. The largest absolute Gasteiger partial charge is 0.339 e. The maximum absolute atomic E-state index is 12.3. The Balaban J connectivity index is 1.70. The molecule has 1 aromatic heterocycles. The lowest BCUT2D eigenvalue weighted by Gasteiger charge is -2.09. The molecule has 26 heavy (non-hydrogen) atoms. The maximum atomic E-state index is 12.3. The third kappa shape index (κ3) is 4.37. The molecule has 2 N–H and O–H groups in total. The Morgan fingerprint density at radius 3 is 2.27 bits per heavy atom. The molecule has 132 valence electrons. The number of rotatable bonds is 4. The number of amides is 1. The molecule has 5 nitrogen and oxygen atoms in total. The first-order chi connectivity index (χ1) is 12.4. The standard InChI is InChI=1S/C20H19ClN4O/c1-12-6-13(2)8-16(7-12)24-19-11-22-18(10-23-19)20(26)25-15-5-4-14(3)17(21)9-15/h4-11H,1-3H3,(H,23,24)(H,25,26). The highest BCUT2D eigenvalue weighted by atomic mass is 35.5. The van der Waals surface area contributed by atoms with Crippen molar-refractivity contribution in [1.29, 1.82) is 0 Å². The normalized spacial score (nSPS) is 10.5. The number of hydrogen-bond donors (Lipinski definition) is 2. The molecule has 0 aliphatic carbocycles. The van der Waals surface area contributed by atoms with E-state index in [1.807, 2.05) is 39.0 Å². The first-order valence-electron chi connectivity index (χ1n) is 8.15. The summed E-state index contributed by atoms with van der Waals surface area (Å²) in [6.45, 7) is 5.98. The van der Waals surface area contributed by atoms with Crippen LogP contribution in [0.25, 0.3) is 0 Å². The highest BCUT2D eigenvalue weighted by Gasteiger charge is 2.09. The Labute approximate surface area is 157 Å². The van der Waals surface area contributed by atoms with Gasteiger partial charge in [-0.1, -0.05) is 23.7 Å². The summed E-state index contributed by atoms with van der Waals surface area (Å²) in [5, 5.41) is 6.56. The molecule has 0 atom stereocenters. The van der Waals surface area contributed by atoms with E-state index >= 15 is 0 Å². The molecule has 2 aromatic carbocycles. The average molecular weight is 367 g/mol. The number of carbonyl (C=O) groups is 1. The number of nitrogens with one attached hydrogen (secondary N) is 2. The van der Waals surface area contributed by atoms with Crippen LogP contribution >= 0.6 is 11.6 Å². The van der Waals surface area contributed by atoms with Crippen LogP contribution in [0.4, 0.5) is 17.2 Å². The van der Waals surface area contributed by atoms with Crippen LogP contribution in [0, 0.1) is 20.8 Å². The number of halogens is 1. The lowest BCUT2D eigenvalue weighted by molar-refractivity contribution is 0.102. The number of aromatic nitrogens is 2. The number of carbonyl (C=O) groups excluding carboxylic acids is 1. The number of aryl methyl sites for hydroxylation is 3. The minimum absolute atomic E-state index is 0.229. The molecule has 0 aliphatic rings. The SMILES string of the molecule is Cc1cc(C)cc(Nc2cnc(C(=O)Nc3ccc(C)c(Cl)c3)cn2)c1. The van der Waals surface area contributed by atoms with Crippen LogP contribution < -0.4 is 10.6 Å². The molecule has 0 unspecified atom stereocenters. The second-order valence-electron chi connectivity index (χ2n) is 6.21. The van der Waals surface area contributed by atoms with Crippen LogP contribution in [0.2, 0.25) is 5.02 Å². The topological polar surface area (TPSA) is 66.9 Å². The van der Waals surface area contributed by atoms with Gasteiger partial charge in [0.2, 0.25) is 0 Å². The molecule has 1 amide bonds. The molecule has 0 aliphatic heterocycles. The quantitative estimate of drug-likeness (QED) is 0.678. The Morgan fingerprint density at radius 2 is 1.65 bits per heavy atom. The van der Waals surface area contributed by atoms with Gasteiger partial charge in [-0.15, -0.1) is 0 Å². The molecular formula is C20H19ClN4O. The average Bonchev–Trinajstić information content (AvgIpc) is 2.58. The van der Waals surface area contributed by atoms with Crippen molar-refractivity contribution in [3.05, 3.63) is 76.2 Å². The van der Waals surface area contributed by atoms with Gasteiger partial charge in [0.05, 0.1) is 12.4 Å². The van der Waals surface area contributed by atoms with E-state index in [1.165, 1.54) is 12.4 Å². The van der Waals surface area contributed by atoms with E-state index in [1.54, 1.807) is 12.1 Å². The monoisotopic (exact) mass is 366 g/mol. The Morgan fingerprint density at radius 1 is 0.923 bits per heavy atom. The lowest BCUT2D eigenvalue weighted by atomic mass is 10.1. The van der Waals surface area contributed by atoms with E-state index < -0.39 is 0 Å². The number of benzene rings is 2. The fourth-order valence-corrected chi connectivity index (χ4v) is 2.75. The van der Waals surface area contributed by atoms with Gasteiger partial charge in [0, 0.05) is 16.4 Å². The Hall–Kier alpha value is -2.92. The molecule has 0 spiro atoms. The van der Waals surface area contributed by atoms with Gasteiger partial charge in [0.25, 0.3) is 5.91 Å². The van der Waals surface area contributed by atoms with Gasteiger partial charge >= 0.3 is 0 Å². The molecule has 0 bridgehead atoms. The van der Waals surface area contributed by atoms with Crippen LogP contribution in [-0.4, -0.2) is 15.9 Å². The molecular weight excluding hydrogens is 348 g/mol. The predicted molar refractivity (Wildman–Crippen MR) is 105 cm³/mol. The first-order valence-corrected chi connectivity index (χ1v) is 8.53. The van der Waals surface area contributed by atoms with Gasteiger partial charge in [-0.2, -0.15) is 0 Å². The lowest BCUT2D eigenvalue weighted by Crippen LogP contribution is -2.14. The molecule has 0 saturated heterocycles. The van der Waals surface area contributed by atoms with Crippen molar-refractivity contribution in [1.82, 2.24) is 9.97 Å². The molecule has 0 saturated carbocycles. The van der Waals surface area contributed by atoms with E-state index in [0.29, 0.717) is 16.5 Å². The predicted octanol–water partition coefficient (Wildman–Crippen LogP) is 5.05. The summed E-state index contributed by atoms with van der Waals surface area (Å²) in [5.74, 6) is 0.236. The van der Waals surface area contributed by atoms with Crippen LogP contribution in [0.5, 0.6) is 0 Å². The molecule has 0 fully saturated rings. The number of hydrogen-bond acceptors (Lipinski definition) is 4. The zero-order valence-electron chi connectivity index (χ0n) is 14.8. The number of nitrogens with zero attached hydrogens (tertiary/aromatic N) is 2. The van der Waals surface area contributed by atoms with Gasteiger partial charge in [-0.25, -0.2) is 9.97 Å². The van der Waals surface area contributed by atoms with Crippen molar-refractivity contribution < 1.29 is 4.79 Å². The van der Waals surface area contributed by atoms with Gasteiger partial charge in [-0.05, 0) is 61.7 Å². The van der Waals surface area contributed by atoms with E-state index in [9.17, 15) is 4.79 Å². The van der Waals surface area contributed by atoms with Crippen molar-refractivity contribution in [3.8, 4) is 0 Å².